The lowest BCUT2D eigenvalue weighted by molar-refractivity contribution is 0.0947. The molecule has 0 saturated carbocycles. The second-order valence-electron chi connectivity index (χ2n) is 3.45. The van der Waals surface area contributed by atoms with Crippen LogP contribution in [0.25, 0.3) is 0 Å². The van der Waals surface area contributed by atoms with Gasteiger partial charge in [0.15, 0.2) is 5.82 Å². The summed E-state index contributed by atoms with van der Waals surface area (Å²) in [4.78, 5) is 12.8. The molecule has 0 bridgehead atoms. The average molecular weight is 274 g/mol. The van der Waals surface area contributed by atoms with Crippen molar-refractivity contribution < 1.29 is 4.79 Å². The van der Waals surface area contributed by atoms with Crippen molar-refractivity contribution in [3.63, 3.8) is 0 Å². The maximum atomic E-state index is 12.0. The predicted molar refractivity (Wildman–Crippen MR) is 68.1 cm³/mol. The van der Waals surface area contributed by atoms with E-state index in [0.717, 1.165) is 4.90 Å². The number of hydrogen-bond donors (Lipinski definition) is 2. The monoisotopic (exact) mass is 274 g/mol. The maximum Gasteiger partial charge on any atom is 0.252 e. The van der Waals surface area contributed by atoms with E-state index in [4.69, 9.17) is 5.26 Å². The molecule has 0 fully saturated rings. The number of nitrogens with one attached hydrogen (secondary N) is 2. The third kappa shape index (κ3) is 3.53. The average Bonchev–Trinajstić information content (AvgIpc) is 2.96. The standard InChI is InChI=1S/C11H10N6OS/c12-5-6-19-9-4-2-1-3-8(9)11(18)13-7-10-14-16-17-15-10/h1-4H,6-7H2,(H,13,18)(H,14,15,16,17). The van der Waals surface area contributed by atoms with Crippen LogP contribution in [0.5, 0.6) is 0 Å². The molecule has 7 nitrogen and oxygen atoms in total. The number of benzene rings is 1. The third-order valence-corrected chi connectivity index (χ3v) is 3.16. The number of H-pyrrole nitrogens is 1. The molecule has 0 aliphatic heterocycles. The summed E-state index contributed by atoms with van der Waals surface area (Å²) >= 11 is 1.33. The van der Waals surface area contributed by atoms with Crippen LogP contribution in [0.1, 0.15) is 16.2 Å². The normalized spacial score (nSPS) is 9.84. The number of nitrogens with zero attached hydrogens (tertiary/aromatic N) is 4. The highest BCUT2D eigenvalue weighted by Crippen LogP contribution is 2.22. The van der Waals surface area contributed by atoms with Gasteiger partial charge in [0.2, 0.25) is 0 Å². The van der Waals surface area contributed by atoms with E-state index < -0.39 is 0 Å². The van der Waals surface area contributed by atoms with Gasteiger partial charge in [0, 0.05) is 4.90 Å². The number of thioether (sulfide) groups is 1. The lowest BCUT2D eigenvalue weighted by Crippen LogP contribution is -2.24. The van der Waals surface area contributed by atoms with Crippen molar-refractivity contribution >= 4 is 17.7 Å². The molecule has 0 aliphatic rings. The van der Waals surface area contributed by atoms with Crippen LogP contribution in [0.4, 0.5) is 0 Å². The molecular weight excluding hydrogens is 264 g/mol. The zero-order valence-electron chi connectivity index (χ0n) is 9.83. The first-order valence-electron chi connectivity index (χ1n) is 5.40. The van der Waals surface area contributed by atoms with Crippen molar-refractivity contribution in [3.8, 4) is 6.07 Å². The number of hydrogen-bond acceptors (Lipinski definition) is 6. The van der Waals surface area contributed by atoms with Crippen molar-refractivity contribution in [3.05, 3.63) is 35.7 Å². The van der Waals surface area contributed by atoms with E-state index in [0.29, 0.717) is 17.1 Å². The molecule has 0 aliphatic carbocycles. The Morgan fingerprint density at radius 1 is 1.47 bits per heavy atom. The van der Waals surface area contributed by atoms with Crippen LogP contribution in [-0.2, 0) is 6.54 Å². The quantitative estimate of drug-likeness (QED) is 0.779. The molecule has 0 unspecified atom stereocenters. The Kier molecular flexibility index (Phi) is 4.47. The van der Waals surface area contributed by atoms with E-state index in [2.05, 4.69) is 25.9 Å². The van der Waals surface area contributed by atoms with Crippen molar-refractivity contribution in [2.75, 3.05) is 5.75 Å². The van der Waals surface area contributed by atoms with Crippen molar-refractivity contribution in [2.24, 2.45) is 0 Å². The van der Waals surface area contributed by atoms with Crippen LogP contribution < -0.4 is 5.32 Å². The Morgan fingerprint density at radius 2 is 2.32 bits per heavy atom. The van der Waals surface area contributed by atoms with Gasteiger partial charge in [-0.15, -0.1) is 22.0 Å². The molecule has 2 rings (SSSR count). The maximum absolute atomic E-state index is 12.0. The Bertz CT molecular complexity index is 591. The van der Waals surface area contributed by atoms with Crippen LogP contribution in [0.15, 0.2) is 29.2 Å². The van der Waals surface area contributed by atoms with Crippen LogP contribution in [0.2, 0.25) is 0 Å². The fourth-order valence-corrected chi connectivity index (χ4v) is 2.11. The van der Waals surface area contributed by atoms with Gasteiger partial charge in [-0.25, -0.2) is 0 Å². The molecular formula is C11H10N6OS. The number of rotatable bonds is 5. The zero-order chi connectivity index (χ0) is 13.5. The molecule has 1 aromatic heterocycles. The molecule has 0 saturated heterocycles. The molecule has 0 atom stereocenters. The topological polar surface area (TPSA) is 107 Å². The lowest BCUT2D eigenvalue weighted by atomic mass is 10.2. The molecule has 1 amide bonds. The Hall–Kier alpha value is -2.40. The zero-order valence-corrected chi connectivity index (χ0v) is 10.6. The molecule has 2 aromatic rings. The number of carbonyl (C=O) groups is 1. The fourth-order valence-electron chi connectivity index (χ4n) is 1.40. The van der Waals surface area contributed by atoms with Crippen molar-refractivity contribution in [2.45, 2.75) is 11.4 Å². The van der Waals surface area contributed by atoms with Gasteiger partial charge in [-0.05, 0) is 12.1 Å². The van der Waals surface area contributed by atoms with Gasteiger partial charge in [0.25, 0.3) is 5.91 Å². The predicted octanol–water partition coefficient (Wildman–Crippen LogP) is 0.745. The van der Waals surface area contributed by atoms with Crippen molar-refractivity contribution in [1.29, 1.82) is 5.26 Å². The Labute approximate surface area is 113 Å². The first-order valence-corrected chi connectivity index (χ1v) is 6.39. The van der Waals surface area contributed by atoms with E-state index in [1.165, 1.54) is 11.8 Å². The van der Waals surface area contributed by atoms with Crippen molar-refractivity contribution in [1.82, 2.24) is 25.9 Å². The van der Waals surface area contributed by atoms with Crippen LogP contribution in [-0.4, -0.2) is 32.3 Å². The van der Waals surface area contributed by atoms with Crippen LogP contribution >= 0.6 is 11.8 Å². The summed E-state index contributed by atoms with van der Waals surface area (Å²) in [6.07, 6.45) is 0. The summed E-state index contributed by atoms with van der Waals surface area (Å²) in [6.45, 7) is 0.201. The minimum Gasteiger partial charge on any atom is -0.345 e. The van der Waals surface area contributed by atoms with E-state index >= 15 is 0 Å². The van der Waals surface area contributed by atoms with E-state index in [-0.39, 0.29) is 12.5 Å². The minimum absolute atomic E-state index is 0.201. The first-order chi connectivity index (χ1) is 9.31. The molecule has 19 heavy (non-hydrogen) atoms. The number of amides is 1. The molecule has 8 heteroatoms. The number of nitriles is 1. The van der Waals surface area contributed by atoms with Gasteiger partial charge in [-0.3, -0.25) is 4.79 Å². The van der Waals surface area contributed by atoms with E-state index in [1.807, 2.05) is 18.2 Å². The molecule has 96 valence electrons. The van der Waals surface area contributed by atoms with E-state index in [1.54, 1.807) is 12.1 Å². The van der Waals surface area contributed by atoms with Gasteiger partial charge in [-0.1, -0.05) is 17.3 Å². The van der Waals surface area contributed by atoms with Gasteiger partial charge < -0.3 is 5.32 Å². The summed E-state index contributed by atoms with van der Waals surface area (Å²) in [5.41, 5.74) is 0.534. The highest BCUT2D eigenvalue weighted by Gasteiger charge is 2.11. The molecule has 0 spiro atoms. The first kappa shape index (κ1) is 13.0. The SMILES string of the molecule is N#CCSc1ccccc1C(=O)NCc1nn[nH]n1. The second kappa shape index (κ2) is 6.51. The van der Waals surface area contributed by atoms with Gasteiger partial charge >= 0.3 is 0 Å². The Balaban J connectivity index is 2.04. The number of tetrazole rings is 1. The molecule has 0 radical (unpaired) electrons. The second-order valence-corrected chi connectivity index (χ2v) is 4.47. The third-order valence-electron chi connectivity index (χ3n) is 2.22. The lowest BCUT2D eigenvalue weighted by Gasteiger charge is -2.07. The van der Waals surface area contributed by atoms with Crippen LogP contribution in [0, 0.1) is 11.3 Å². The highest BCUT2D eigenvalue weighted by atomic mass is 32.2. The van der Waals surface area contributed by atoms with E-state index in [9.17, 15) is 4.79 Å². The minimum atomic E-state index is -0.231. The smallest absolute Gasteiger partial charge is 0.252 e. The fraction of sp³-hybridized carbons (Fsp3) is 0.182. The summed E-state index contributed by atoms with van der Waals surface area (Å²) < 4.78 is 0. The summed E-state index contributed by atoms with van der Waals surface area (Å²) in [6, 6.07) is 9.17. The highest BCUT2D eigenvalue weighted by molar-refractivity contribution is 7.99. The molecule has 1 aromatic carbocycles. The van der Waals surface area contributed by atoms with Gasteiger partial charge in [0.1, 0.15) is 0 Å². The van der Waals surface area contributed by atoms with Crippen LogP contribution in [0.3, 0.4) is 0 Å². The summed E-state index contributed by atoms with van der Waals surface area (Å²) in [7, 11) is 0. The molecule has 2 N–H and O–H groups in total. The number of aromatic nitrogens is 4. The Morgan fingerprint density at radius 3 is 3.05 bits per heavy atom. The summed E-state index contributed by atoms with van der Waals surface area (Å²) in [5, 5.41) is 24.5. The molecule has 1 heterocycles. The number of carbonyl (C=O) groups excluding carboxylic acids is 1. The van der Waals surface area contributed by atoms with Gasteiger partial charge in [-0.2, -0.15) is 10.5 Å². The number of aromatic amines is 1. The largest absolute Gasteiger partial charge is 0.345 e. The van der Waals surface area contributed by atoms with Gasteiger partial charge in [0.05, 0.1) is 23.9 Å². The summed E-state index contributed by atoms with van der Waals surface area (Å²) in [5.74, 6) is 0.483.